The van der Waals surface area contributed by atoms with Gasteiger partial charge in [0.2, 0.25) is 5.91 Å². The lowest BCUT2D eigenvalue weighted by Crippen LogP contribution is -2.37. The summed E-state index contributed by atoms with van der Waals surface area (Å²) in [7, 11) is 0. The molecule has 2 aromatic rings. The average molecular weight is 479 g/mol. The minimum Gasteiger partial charge on any atom is -0.481 e. The number of nitrogens with one attached hydrogen (secondary N) is 1. The average Bonchev–Trinajstić information content (AvgIpc) is 3.42. The molecule has 0 aromatic heterocycles. The van der Waals surface area contributed by atoms with Crippen LogP contribution in [0.2, 0.25) is 0 Å². The zero-order valence-electron chi connectivity index (χ0n) is 20.4. The molecule has 7 nitrogen and oxygen atoms in total. The van der Waals surface area contributed by atoms with Gasteiger partial charge in [0.1, 0.15) is 6.61 Å². The quantitative estimate of drug-likeness (QED) is 0.547. The minimum absolute atomic E-state index is 0.0172. The van der Waals surface area contributed by atoms with Crippen molar-refractivity contribution in [3.8, 4) is 11.1 Å². The number of fused-ring (bicyclic) bond motifs is 3. The lowest BCUT2D eigenvalue weighted by molar-refractivity contribution is -0.143. The predicted molar refractivity (Wildman–Crippen MR) is 133 cm³/mol. The maximum atomic E-state index is 12.7. The van der Waals surface area contributed by atoms with Gasteiger partial charge in [0.15, 0.2) is 0 Å². The molecule has 2 N–H and O–H groups in total. The topological polar surface area (TPSA) is 95.9 Å². The van der Waals surface area contributed by atoms with Crippen molar-refractivity contribution >= 4 is 18.0 Å². The SMILES string of the molecule is CCN(CC(C)C(=O)O)C(=O)CC1CCC(NC(=O)OCC2c3ccccc3-c3ccccc32)C1. The van der Waals surface area contributed by atoms with Gasteiger partial charge in [0, 0.05) is 31.5 Å². The molecule has 1 saturated carbocycles. The first-order valence-corrected chi connectivity index (χ1v) is 12.5. The van der Waals surface area contributed by atoms with Gasteiger partial charge >= 0.3 is 12.1 Å². The standard InChI is InChI=1S/C28H34N2O5/c1-3-30(16-18(2)27(32)33)26(31)15-19-12-13-20(14-19)29-28(34)35-17-25-23-10-6-4-8-21(23)22-9-5-7-11-24(22)25/h4-11,18-20,25H,3,12-17H2,1-2H3,(H,29,34)(H,32,33). The van der Waals surface area contributed by atoms with E-state index < -0.39 is 18.0 Å². The fourth-order valence-corrected chi connectivity index (χ4v) is 5.39. The number of alkyl carbamates (subject to hydrolysis) is 1. The summed E-state index contributed by atoms with van der Waals surface area (Å²) in [6.45, 7) is 4.47. The lowest BCUT2D eigenvalue weighted by atomic mass is 9.98. The van der Waals surface area contributed by atoms with Crippen LogP contribution in [0.4, 0.5) is 4.79 Å². The van der Waals surface area contributed by atoms with Crippen molar-refractivity contribution in [1.82, 2.24) is 10.2 Å². The molecule has 35 heavy (non-hydrogen) atoms. The number of hydrogen-bond donors (Lipinski definition) is 2. The maximum absolute atomic E-state index is 12.7. The number of amides is 2. The van der Waals surface area contributed by atoms with Crippen molar-refractivity contribution < 1.29 is 24.2 Å². The molecule has 2 aliphatic carbocycles. The molecule has 7 heteroatoms. The molecule has 1 fully saturated rings. The normalized spacial score (nSPS) is 19.5. The molecular weight excluding hydrogens is 444 g/mol. The third kappa shape index (κ3) is 5.66. The second-order valence-electron chi connectivity index (χ2n) is 9.72. The van der Waals surface area contributed by atoms with E-state index in [9.17, 15) is 14.4 Å². The molecule has 0 radical (unpaired) electrons. The summed E-state index contributed by atoms with van der Waals surface area (Å²) in [5, 5.41) is 12.1. The van der Waals surface area contributed by atoms with Crippen molar-refractivity contribution in [3.05, 3.63) is 59.7 Å². The molecule has 4 rings (SSSR count). The number of aliphatic carboxylic acids is 1. The molecule has 2 aliphatic rings. The monoisotopic (exact) mass is 478 g/mol. The van der Waals surface area contributed by atoms with E-state index in [-0.39, 0.29) is 36.9 Å². The molecule has 0 aliphatic heterocycles. The Morgan fingerprint density at radius 2 is 1.69 bits per heavy atom. The van der Waals surface area contributed by atoms with Crippen LogP contribution in [-0.2, 0) is 14.3 Å². The highest BCUT2D eigenvalue weighted by atomic mass is 16.5. The summed E-state index contributed by atoms with van der Waals surface area (Å²) in [4.78, 5) is 38.0. The molecule has 186 valence electrons. The van der Waals surface area contributed by atoms with Crippen LogP contribution in [0.25, 0.3) is 11.1 Å². The fourth-order valence-electron chi connectivity index (χ4n) is 5.39. The highest BCUT2D eigenvalue weighted by Gasteiger charge is 2.32. The van der Waals surface area contributed by atoms with Gasteiger partial charge in [-0.1, -0.05) is 55.5 Å². The van der Waals surface area contributed by atoms with Crippen LogP contribution in [0.15, 0.2) is 48.5 Å². The summed E-state index contributed by atoms with van der Waals surface area (Å²) < 4.78 is 5.66. The van der Waals surface area contributed by atoms with Crippen LogP contribution in [0.3, 0.4) is 0 Å². The molecule has 2 aromatic carbocycles. The maximum Gasteiger partial charge on any atom is 0.407 e. The first kappa shape index (κ1) is 24.8. The van der Waals surface area contributed by atoms with Gasteiger partial charge in [-0.25, -0.2) is 4.79 Å². The highest BCUT2D eigenvalue weighted by molar-refractivity contribution is 5.79. The first-order valence-electron chi connectivity index (χ1n) is 12.5. The molecule has 0 spiro atoms. The van der Waals surface area contributed by atoms with Gasteiger partial charge in [-0.15, -0.1) is 0 Å². The Hall–Kier alpha value is -3.35. The number of carbonyl (C=O) groups is 3. The van der Waals surface area contributed by atoms with Gasteiger partial charge < -0.3 is 20.1 Å². The summed E-state index contributed by atoms with van der Waals surface area (Å²) in [5.74, 6) is -1.31. The number of carboxylic acids is 1. The Morgan fingerprint density at radius 1 is 1.06 bits per heavy atom. The predicted octanol–water partition coefficient (Wildman–Crippen LogP) is 4.65. The summed E-state index contributed by atoms with van der Waals surface area (Å²) in [5.41, 5.74) is 4.75. The molecular formula is C28H34N2O5. The second kappa shape index (κ2) is 10.9. The van der Waals surface area contributed by atoms with E-state index >= 15 is 0 Å². The molecule has 0 heterocycles. The zero-order valence-corrected chi connectivity index (χ0v) is 20.4. The number of benzene rings is 2. The fraction of sp³-hybridized carbons (Fsp3) is 0.464. The first-order chi connectivity index (χ1) is 16.9. The van der Waals surface area contributed by atoms with Crippen molar-refractivity contribution in [2.24, 2.45) is 11.8 Å². The van der Waals surface area contributed by atoms with Gasteiger partial charge in [-0.2, -0.15) is 0 Å². The summed E-state index contributed by atoms with van der Waals surface area (Å²) in [6, 6.07) is 16.5. The van der Waals surface area contributed by atoms with E-state index in [4.69, 9.17) is 9.84 Å². The molecule has 3 unspecified atom stereocenters. The van der Waals surface area contributed by atoms with Crippen molar-refractivity contribution in [1.29, 1.82) is 0 Å². The number of hydrogen-bond acceptors (Lipinski definition) is 4. The Labute approximate surface area is 206 Å². The molecule has 0 bridgehead atoms. The van der Waals surface area contributed by atoms with Gasteiger partial charge in [-0.05, 0) is 54.4 Å². The van der Waals surface area contributed by atoms with E-state index in [1.54, 1.807) is 11.8 Å². The lowest BCUT2D eigenvalue weighted by Gasteiger charge is -2.24. The summed E-state index contributed by atoms with van der Waals surface area (Å²) in [6.07, 6.45) is 2.34. The Balaban J connectivity index is 1.26. The van der Waals surface area contributed by atoms with E-state index in [1.807, 2.05) is 31.2 Å². The number of rotatable bonds is 9. The van der Waals surface area contributed by atoms with Crippen molar-refractivity contribution in [3.63, 3.8) is 0 Å². The van der Waals surface area contributed by atoms with Crippen molar-refractivity contribution in [2.75, 3.05) is 19.7 Å². The third-order valence-corrected chi connectivity index (χ3v) is 7.32. The number of ether oxygens (including phenoxy) is 1. The van der Waals surface area contributed by atoms with Crippen molar-refractivity contribution in [2.45, 2.75) is 51.5 Å². The molecule has 3 atom stereocenters. The highest BCUT2D eigenvalue weighted by Crippen LogP contribution is 2.44. The largest absolute Gasteiger partial charge is 0.481 e. The number of nitrogens with zero attached hydrogens (tertiary/aromatic N) is 1. The van der Waals surface area contributed by atoms with Crippen LogP contribution < -0.4 is 5.32 Å². The van der Waals surface area contributed by atoms with E-state index in [0.717, 1.165) is 19.3 Å². The van der Waals surface area contributed by atoms with Crippen LogP contribution in [0.1, 0.15) is 56.6 Å². The Morgan fingerprint density at radius 3 is 2.29 bits per heavy atom. The zero-order chi connectivity index (χ0) is 24.9. The second-order valence-corrected chi connectivity index (χ2v) is 9.72. The molecule has 2 amide bonds. The Kier molecular flexibility index (Phi) is 7.73. The van der Waals surface area contributed by atoms with E-state index in [2.05, 4.69) is 29.6 Å². The number of carbonyl (C=O) groups excluding carboxylic acids is 2. The van der Waals surface area contributed by atoms with Gasteiger partial charge in [0.25, 0.3) is 0 Å². The molecule has 0 saturated heterocycles. The van der Waals surface area contributed by atoms with Crippen LogP contribution in [0, 0.1) is 11.8 Å². The van der Waals surface area contributed by atoms with E-state index in [1.165, 1.54) is 22.3 Å². The third-order valence-electron chi connectivity index (χ3n) is 7.32. The van der Waals surface area contributed by atoms with Crippen LogP contribution >= 0.6 is 0 Å². The van der Waals surface area contributed by atoms with Crippen LogP contribution in [-0.4, -0.2) is 53.7 Å². The Bertz CT molecular complexity index is 1040. The van der Waals surface area contributed by atoms with Gasteiger partial charge in [0.05, 0.1) is 5.92 Å². The minimum atomic E-state index is -0.899. The smallest absolute Gasteiger partial charge is 0.407 e. The van der Waals surface area contributed by atoms with Crippen LogP contribution in [0.5, 0.6) is 0 Å². The van der Waals surface area contributed by atoms with E-state index in [0.29, 0.717) is 13.0 Å². The van der Waals surface area contributed by atoms with Gasteiger partial charge in [-0.3, -0.25) is 9.59 Å². The summed E-state index contributed by atoms with van der Waals surface area (Å²) >= 11 is 0. The number of carboxylic acid groups (broad SMARTS) is 1.